The molecule has 0 rings (SSSR count). The molecule has 0 fully saturated rings. The Labute approximate surface area is 246 Å². The average Bonchev–Trinajstić information content (AvgIpc) is 2.83. The molecular formula is C26H52MoN2OS4. The minimum absolute atomic E-state index is 0.660. The molecule has 0 aromatic carbocycles. The van der Waals surface area contributed by atoms with Gasteiger partial charge in [-0.05, 0) is 25.7 Å². The molecule has 0 aliphatic carbocycles. The molecular weight excluding hydrogens is 581 g/mol. The Kier molecular flexibility index (Phi) is 38.9. The Hall–Kier alpha value is 0.708. The molecule has 3 nitrogen and oxygen atoms in total. The van der Waals surface area contributed by atoms with Crippen LogP contribution in [0, 0.1) is 0 Å². The van der Waals surface area contributed by atoms with Crippen molar-refractivity contribution in [3.8, 4) is 0 Å². The second kappa shape index (κ2) is 33.7. The van der Waals surface area contributed by atoms with Crippen molar-refractivity contribution < 1.29 is 23.2 Å². The Bertz CT molecular complexity index is 383. The van der Waals surface area contributed by atoms with Gasteiger partial charge in [-0.15, -0.1) is 0 Å². The minimum atomic E-state index is 0.660. The average molecular weight is 633 g/mol. The van der Waals surface area contributed by atoms with E-state index in [1.807, 2.05) is 0 Å². The van der Waals surface area contributed by atoms with Crippen molar-refractivity contribution in [2.45, 2.75) is 130 Å². The number of nitrogens with zero attached hydrogens (tertiary/aromatic N) is 2. The summed E-state index contributed by atoms with van der Waals surface area (Å²) in [6.07, 6.45) is 20.6. The van der Waals surface area contributed by atoms with E-state index < -0.39 is 0 Å². The van der Waals surface area contributed by atoms with E-state index in [1.165, 1.54) is 103 Å². The van der Waals surface area contributed by atoms with Gasteiger partial charge in [-0.2, -0.15) is 0 Å². The normalized spacial score (nSPS) is 9.85. The summed E-state index contributed by atoms with van der Waals surface area (Å²) in [4.78, 5) is 4.41. The Morgan fingerprint density at radius 3 is 0.853 bits per heavy atom. The van der Waals surface area contributed by atoms with E-state index in [0.717, 1.165) is 26.2 Å². The molecule has 0 aromatic heterocycles. The fraction of sp³-hybridized carbons (Fsp3) is 0.923. The van der Waals surface area contributed by atoms with Gasteiger partial charge in [0, 0.05) is 26.2 Å². The van der Waals surface area contributed by atoms with Crippen molar-refractivity contribution in [2.75, 3.05) is 26.2 Å². The fourth-order valence-electron chi connectivity index (χ4n) is 3.51. The van der Waals surface area contributed by atoms with Crippen LogP contribution in [0.3, 0.4) is 0 Å². The van der Waals surface area contributed by atoms with E-state index in [2.05, 4.69) is 37.5 Å². The summed E-state index contributed by atoms with van der Waals surface area (Å²) in [6.45, 7) is 13.2. The monoisotopic (exact) mass is 634 g/mol. The second-order valence-electron chi connectivity index (χ2n) is 8.75. The molecule has 0 aliphatic heterocycles. The SMILES string of the molecule is CCCCCCN(CCCCCC)C(=S)[S-].CCCCCCN(CCCCCC)C(=S)[S-].[O]=[Mo+2]. The maximum absolute atomic E-state index is 8.26. The molecule has 0 unspecified atom stereocenters. The van der Waals surface area contributed by atoms with Crippen LogP contribution in [-0.4, -0.2) is 44.6 Å². The zero-order chi connectivity index (χ0) is 26.5. The Morgan fingerprint density at radius 2 is 0.706 bits per heavy atom. The van der Waals surface area contributed by atoms with Crippen LogP contribution in [0.1, 0.15) is 130 Å². The van der Waals surface area contributed by atoms with Crippen LogP contribution in [0.25, 0.3) is 0 Å². The van der Waals surface area contributed by atoms with E-state index in [0.29, 0.717) is 28.4 Å². The third-order valence-electron chi connectivity index (χ3n) is 5.64. The van der Waals surface area contributed by atoms with Crippen molar-refractivity contribution in [1.82, 2.24) is 9.80 Å². The number of hydrogen-bond acceptors (Lipinski definition) is 5. The predicted octanol–water partition coefficient (Wildman–Crippen LogP) is 8.44. The van der Waals surface area contributed by atoms with Crippen molar-refractivity contribution in [1.29, 1.82) is 0 Å². The summed E-state index contributed by atoms with van der Waals surface area (Å²) in [6, 6.07) is 0. The quantitative estimate of drug-likeness (QED) is 0.0575. The predicted molar refractivity (Wildman–Crippen MR) is 160 cm³/mol. The number of thiocarbonyl (C=S) groups is 2. The van der Waals surface area contributed by atoms with Crippen molar-refractivity contribution in [3.63, 3.8) is 0 Å². The van der Waals surface area contributed by atoms with E-state index in [9.17, 15) is 0 Å². The van der Waals surface area contributed by atoms with Gasteiger partial charge in [0.25, 0.3) is 0 Å². The number of unbranched alkanes of at least 4 members (excludes halogenated alkanes) is 12. The van der Waals surface area contributed by atoms with E-state index in [4.69, 9.17) is 53.1 Å². The molecule has 0 spiro atoms. The molecule has 0 saturated carbocycles. The first-order chi connectivity index (χ1) is 16.4. The van der Waals surface area contributed by atoms with Gasteiger partial charge in [0.2, 0.25) is 0 Å². The first-order valence-corrected chi connectivity index (χ1v) is 16.0. The molecule has 0 N–H and O–H groups in total. The van der Waals surface area contributed by atoms with Gasteiger partial charge >= 0.3 is 23.2 Å². The summed E-state index contributed by atoms with van der Waals surface area (Å²) in [7, 11) is 0. The zero-order valence-corrected chi connectivity index (χ0v) is 27.8. The van der Waals surface area contributed by atoms with E-state index in [1.54, 1.807) is 0 Å². The van der Waals surface area contributed by atoms with Crippen LogP contribution < -0.4 is 0 Å². The summed E-state index contributed by atoms with van der Waals surface area (Å²) in [5, 5.41) is 0. The van der Waals surface area contributed by atoms with Crippen molar-refractivity contribution in [3.05, 3.63) is 0 Å². The van der Waals surface area contributed by atoms with Gasteiger partial charge in [-0.25, -0.2) is 0 Å². The number of hydrogen-bond donors (Lipinski definition) is 0. The Morgan fingerprint density at radius 1 is 0.500 bits per heavy atom. The van der Waals surface area contributed by atoms with Crippen molar-refractivity contribution in [2.24, 2.45) is 0 Å². The van der Waals surface area contributed by atoms with Crippen LogP contribution in [0.2, 0.25) is 0 Å². The Balaban J connectivity index is -0.000000526. The maximum atomic E-state index is 8.26. The topological polar surface area (TPSA) is 23.6 Å². The molecule has 202 valence electrons. The van der Waals surface area contributed by atoms with Gasteiger partial charge in [0.05, 0.1) is 0 Å². The van der Waals surface area contributed by atoms with Gasteiger partial charge in [-0.1, -0.05) is 113 Å². The number of rotatable bonds is 20. The zero-order valence-electron chi connectivity index (χ0n) is 22.5. The molecule has 8 heteroatoms. The standard InChI is InChI=1S/2C13H27NS2.Mo.O/c2*1-3-5-7-9-11-14(13(15)16)12-10-8-6-4-2;;/h2*3-12H2,1-2H3,(H,15,16);;/q;;+2;/p-2. The first kappa shape index (κ1) is 39.2. The third kappa shape index (κ3) is 30.7. The van der Waals surface area contributed by atoms with Crippen LogP contribution in [0.5, 0.6) is 0 Å². The molecule has 0 heterocycles. The molecule has 0 atom stereocenters. The van der Waals surface area contributed by atoms with Crippen LogP contribution >= 0.6 is 24.4 Å². The van der Waals surface area contributed by atoms with Crippen molar-refractivity contribution >= 4 is 58.3 Å². The molecule has 0 aromatic rings. The summed E-state index contributed by atoms with van der Waals surface area (Å²) < 4.78 is 9.58. The van der Waals surface area contributed by atoms with E-state index in [-0.39, 0.29) is 0 Å². The van der Waals surface area contributed by atoms with Crippen LogP contribution in [0.4, 0.5) is 0 Å². The van der Waals surface area contributed by atoms with Gasteiger partial charge in [0.15, 0.2) is 0 Å². The molecule has 0 amide bonds. The van der Waals surface area contributed by atoms with Crippen LogP contribution in [0.15, 0.2) is 0 Å². The summed E-state index contributed by atoms with van der Waals surface area (Å²) in [5.41, 5.74) is 0. The molecule has 0 aliphatic rings. The van der Waals surface area contributed by atoms with E-state index >= 15 is 0 Å². The van der Waals surface area contributed by atoms with Gasteiger partial charge < -0.3 is 59.5 Å². The first-order valence-electron chi connectivity index (χ1n) is 13.5. The molecule has 34 heavy (non-hydrogen) atoms. The third-order valence-corrected chi connectivity index (χ3v) is 6.68. The molecule has 0 radical (unpaired) electrons. The van der Waals surface area contributed by atoms with Gasteiger partial charge in [0.1, 0.15) is 0 Å². The van der Waals surface area contributed by atoms with Gasteiger partial charge in [-0.3, -0.25) is 0 Å². The molecule has 0 saturated heterocycles. The second-order valence-corrected chi connectivity index (χ2v) is 10.8. The molecule has 0 bridgehead atoms. The fourth-order valence-corrected chi connectivity index (χ4v) is 4.24. The van der Waals surface area contributed by atoms with Crippen LogP contribution in [-0.2, 0) is 48.4 Å². The summed E-state index contributed by atoms with van der Waals surface area (Å²) in [5.74, 6) is 0. The summed E-state index contributed by atoms with van der Waals surface area (Å²) >= 11 is 21.2.